The van der Waals surface area contributed by atoms with Crippen molar-refractivity contribution in [3.05, 3.63) is 23.8 Å². The SMILES string of the molecule is COc1ccc(C2COC(CO)C2)cc1OC. The van der Waals surface area contributed by atoms with Crippen LogP contribution in [0, 0.1) is 0 Å². The monoisotopic (exact) mass is 238 g/mol. The molecule has 1 fully saturated rings. The number of hydrogen-bond donors (Lipinski definition) is 1. The molecular formula is C13H18O4. The second-order valence-corrected chi connectivity index (χ2v) is 4.18. The van der Waals surface area contributed by atoms with Crippen LogP contribution in [-0.4, -0.2) is 38.6 Å². The van der Waals surface area contributed by atoms with Crippen LogP contribution in [0.5, 0.6) is 11.5 Å². The summed E-state index contributed by atoms with van der Waals surface area (Å²) in [5, 5.41) is 9.04. The van der Waals surface area contributed by atoms with E-state index in [0.29, 0.717) is 12.5 Å². The summed E-state index contributed by atoms with van der Waals surface area (Å²) in [6.45, 7) is 0.741. The Kier molecular flexibility index (Phi) is 3.86. The Labute approximate surface area is 101 Å². The minimum absolute atomic E-state index is 0.0342. The summed E-state index contributed by atoms with van der Waals surface area (Å²) >= 11 is 0. The van der Waals surface area contributed by atoms with E-state index in [-0.39, 0.29) is 12.7 Å². The molecule has 1 aromatic rings. The summed E-state index contributed by atoms with van der Waals surface area (Å²) in [5.74, 6) is 1.79. The maximum atomic E-state index is 9.04. The maximum absolute atomic E-state index is 9.04. The van der Waals surface area contributed by atoms with E-state index < -0.39 is 0 Å². The quantitative estimate of drug-likeness (QED) is 0.865. The van der Waals surface area contributed by atoms with E-state index in [1.807, 2.05) is 18.2 Å². The van der Waals surface area contributed by atoms with E-state index in [4.69, 9.17) is 19.3 Å². The lowest BCUT2D eigenvalue weighted by Gasteiger charge is -2.12. The lowest BCUT2D eigenvalue weighted by molar-refractivity contribution is 0.0585. The molecule has 0 radical (unpaired) electrons. The summed E-state index contributed by atoms with van der Waals surface area (Å²) in [6.07, 6.45) is 0.819. The molecule has 0 aliphatic carbocycles. The Balaban J connectivity index is 2.16. The van der Waals surface area contributed by atoms with Gasteiger partial charge in [-0.2, -0.15) is 0 Å². The summed E-state index contributed by atoms with van der Waals surface area (Å²) in [4.78, 5) is 0. The Morgan fingerprint density at radius 1 is 1.29 bits per heavy atom. The maximum Gasteiger partial charge on any atom is 0.160 e. The number of hydrogen-bond acceptors (Lipinski definition) is 4. The van der Waals surface area contributed by atoms with Crippen molar-refractivity contribution in [2.45, 2.75) is 18.4 Å². The molecule has 0 aromatic heterocycles. The van der Waals surface area contributed by atoms with E-state index >= 15 is 0 Å². The van der Waals surface area contributed by atoms with Crippen molar-refractivity contribution in [3.8, 4) is 11.5 Å². The second-order valence-electron chi connectivity index (χ2n) is 4.18. The van der Waals surface area contributed by atoms with Crippen LogP contribution in [0.3, 0.4) is 0 Å². The predicted octanol–water partition coefficient (Wildman–Crippen LogP) is 1.57. The highest BCUT2D eigenvalue weighted by Crippen LogP contribution is 2.35. The largest absolute Gasteiger partial charge is 0.493 e. The van der Waals surface area contributed by atoms with Crippen LogP contribution in [0.1, 0.15) is 17.9 Å². The molecular weight excluding hydrogens is 220 g/mol. The third-order valence-corrected chi connectivity index (χ3v) is 3.16. The third-order valence-electron chi connectivity index (χ3n) is 3.16. The lowest BCUT2D eigenvalue weighted by Crippen LogP contribution is -2.09. The molecule has 1 saturated heterocycles. The third kappa shape index (κ3) is 2.53. The Hall–Kier alpha value is -1.26. The van der Waals surface area contributed by atoms with Gasteiger partial charge < -0.3 is 19.3 Å². The number of aliphatic hydroxyl groups is 1. The summed E-state index contributed by atoms with van der Waals surface area (Å²) in [7, 11) is 3.25. The van der Waals surface area contributed by atoms with E-state index in [1.165, 1.54) is 5.56 Å². The molecule has 17 heavy (non-hydrogen) atoms. The Morgan fingerprint density at radius 3 is 2.65 bits per heavy atom. The highest BCUT2D eigenvalue weighted by molar-refractivity contribution is 5.44. The van der Waals surface area contributed by atoms with Gasteiger partial charge in [-0.1, -0.05) is 6.07 Å². The van der Waals surface area contributed by atoms with Crippen molar-refractivity contribution >= 4 is 0 Å². The van der Waals surface area contributed by atoms with Crippen molar-refractivity contribution in [2.24, 2.45) is 0 Å². The van der Waals surface area contributed by atoms with Gasteiger partial charge in [0.05, 0.1) is 33.5 Å². The van der Waals surface area contributed by atoms with E-state index in [0.717, 1.165) is 17.9 Å². The molecule has 4 nitrogen and oxygen atoms in total. The summed E-state index contributed by atoms with van der Waals surface area (Å²) in [6, 6.07) is 5.90. The number of rotatable bonds is 4. The average Bonchev–Trinajstić information content (AvgIpc) is 2.86. The van der Waals surface area contributed by atoms with Gasteiger partial charge in [-0.3, -0.25) is 0 Å². The highest BCUT2D eigenvalue weighted by atomic mass is 16.5. The van der Waals surface area contributed by atoms with E-state index in [1.54, 1.807) is 14.2 Å². The first kappa shape index (κ1) is 12.2. The van der Waals surface area contributed by atoms with Crippen LogP contribution >= 0.6 is 0 Å². The van der Waals surface area contributed by atoms with Crippen LogP contribution in [0.4, 0.5) is 0 Å². The summed E-state index contributed by atoms with van der Waals surface area (Å²) < 4.78 is 16.0. The number of methoxy groups -OCH3 is 2. The second kappa shape index (κ2) is 5.38. The van der Waals surface area contributed by atoms with Gasteiger partial charge in [0.1, 0.15) is 0 Å². The smallest absolute Gasteiger partial charge is 0.160 e. The van der Waals surface area contributed by atoms with Gasteiger partial charge in [0.25, 0.3) is 0 Å². The predicted molar refractivity (Wildman–Crippen MR) is 63.7 cm³/mol. The van der Waals surface area contributed by atoms with Crippen LogP contribution in [-0.2, 0) is 4.74 Å². The molecule has 2 rings (SSSR count). The first-order valence-electron chi connectivity index (χ1n) is 5.73. The highest BCUT2D eigenvalue weighted by Gasteiger charge is 2.26. The average molecular weight is 238 g/mol. The molecule has 2 unspecified atom stereocenters. The number of aliphatic hydroxyl groups excluding tert-OH is 1. The fourth-order valence-electron chi connectivity index (χ4n) is 2.17. The van der Waals surface area contributed by atoms with Crippen molar-refractivity contribution in [3.63, 3.8) is 0 Å². The van der Waals surface area contributed by atoms with Crippen LogP contribution < -0.4 is 9.47 Å². The Morgan fingerprint density at radius 2 is 2.06 bits per heavy atom. The molecule has 1 aromatic carbocycles. The summed E-state index contributed by atoms with van der Waals surface area (Å²) in [5.41, 5.74) is 1.17. The zero-order valence-electron chi connectivity index (χ0n) is 10.2. The molecule has 0 saturated carbocycles. The number of ether oxygens (including phenoxy) is 3. The van der Waals surface area contributed by atoms with Gasteiger partial charge >= 0.3 is 0 Å². The molecule has 4 heteroatoms. The standard InChI is InChI=1S/C13H18O4/c1-15-12-4-3-9(6-13(12)16-2)10-5-11(7-14)17-8-10/h3-4,6,10-11,14H,5,7-8H2,1-2H3. The molecule has 1 aliphatic heterocycles. The van der Waals surface area contributed by atoms with Crippen molar-refractivity contribution in [1.29, 1.82) is 0 Å². The van der Waals surface area contributed by atoms with Crippen molar-refractivity contribution in [1.82, 2.24) is 0 Å². The van der Waals surface area contributed by atoms with Crippen molar-refractivity contribution in [2.75, 3.05) is 27.4 Å². The van der Waals surface area contributed by atoms with Gasteiger partial charge in [0.2, 0.25) is 0 Å². The van der Waals surface area contributed by atoms with Gasteiger partial charge in [-0.15, -0.1) is 0 Å². The zero-order valence-corrected chi connectivity index (χ0v) is 10.2. The molecule has 0 spiro atoms. The van der Waals surface area contributed by atoms with E-state index in [9.17, 15) is 0 Å². The first-order chi connectivity index (χ1) is 8.28. The van der Waals surface area contributed by atoms with Crippen LogP contribution in [0.25, 0.3) is 0 Å². The fraction of sp³-hybridized carbons (Fsp3) is 0.538. The lowest BCUT2D eigenvalue weighted by atomic mass is 9.96. The normalized spacial score (nSPS) is 23.7. The molecule has 0 bridgehead atoms. The molecule has 0 amide bonds. The molecule has 1 aliphatic rings. The van der Waals surface area contributed by atoms with Gasteiger partial charge in [0.15, 0.2) is 11.5 Å². The molecule has 2 atom stereocenters. The first-order valence-corrected chi connectivity index (χ1v) is 5.73. The topological polar surface area (TPSA) is 47.9 Å². The van der Waals surface area contributed by atoms with Crippen molar-refractivity contribution < 1.29 is 19.3 Å². The van der Waals surface area contributed by atoms with Gasteiger partial charge in [0, 0.05) is 5.92 Å². The minimum atomic E-state index is -0.0342. The fourth-order valence-corrected chi connectivity index (χ4v) is 2.17. The molecule has 1 heterocycles. The van der Waals surface area contributed by atoms with Gasteiger partial charge in [-0.05, 0) is 24.1 Å². The van der Waals surface area contributed by atoms with Crippen LogP contribution in [0.2, 0.25) is 0 Å². The molecule has 94 valence electrons. The zero-order chi connectivity index (χ0) is 12.3. The van der Waals surface area contributed by atoms with Crippen LogP contribution in [0.15, 0.2) is 18.2 Å². The minimum Gasteiger partial charge on any atom is -0.493 e. The number of benzene rings is 1. The van der Waals surface area contributed by atoms with Gasteiger partial charge in [-0.25, -0.2) is 0 Å². The molecule has 1 N–H and O–H groups in total. The van der Waals surface area contributed by atoms with E-state index in [2.05, 4.69) is 0 Å². The Bertz CT molecular complexity index is 378.